The Morgan fingerprint density at radius 1 is 1.38 bits per heavy atom. The molecule has 5 nitrogen and oxygen atoms in total. The van der Waals surface area contributed by atoms with E-state index in [1.165, 1.54) is 24.4 Å². The third kappa shape index (κ3) is 3.14. The van der Waals surface area contributed by atoms with Gasteiger partial charge in [-0.05, 0) is 37.1 Å². The number of pyridine rings is 1. The van der Waals surface area contributed by atoms with Crippen molar-refractivity contribution >= 4 is 16.9 Å². The molecule has 6 heteroatoms. The average molecular weight is 327 g/mol. The summed E-state index contributed by atoms with van der Waals surface area (Å²) >= 11 is 0. The normalized spacial score (nSPS) is 12.3. The molecule has 3 aromatic rings. The number of halogens is 1. The van der Waals surface area contributed by atoms with Crippen molar-refractivity contribution in [3.8, 4) is 0 Å². The summed E-state index contributed by atoms with van der Waals surface area (Å²) in [6.45, 7) is 1.82. The van der Waals surface area contributed by atoms with Crippen LogP contribution in [0.4, 0.5) is 4.39 Å². The van der Waals surface area contributed by atoms with E-state index < -0.39 is 0 Å². The van der Waals surface area contributed by atoms with Crippen LogP contribution in [-0.4, -0.2) is 34.1 Å². The summed E-state index contributed by atoms with van der Waals surface area (Å²) < 4.78 is 13.8. The lowest BCUT2D eigenvalue weighted by Gasteiger charge is -2.26. The molecule has 124 valence electrons. The number of rotatable bonds is 5. The van der Waals surface area contributed by atoms with Gasteiger partial charge in [0.05, 0.1) is 18.7 Å². The van der Waals surface area contributed by atoms with Crippen LogP contribution < -0.4 is 0 Å². The number of H-pyrrole nitrogens is 1. The Morgan fingerprint density at radius 2 is 2.17 bits per heavy atom. The summed E-state index contributed by atoms with van der Waals surface area (Å²) in [5.41, 5.74) is 1.68. The Bertz CT molecular complexity index is 862. The van der Waals surface area contributed by atoms with Crippen molar-refractivity contribution in [2.45, 2.75) is 19.4 Å². The quantitative estimate of drug-likeness (QED) is 0.731. The molecule has 3 rings (SSSR count). The lowest BCUT2D eigenvalue weighted by Crippen LogP contribution is -2.39. The molecule has 0 radical (unpaired) electrons. The first-order valence-electron chi connectivity index (χ1n) is 7.64. The number of fused-ring (bicyclic) bond motifs is 1. The standard InChI is InChI=1S/C18H18FN3O2/c1-12(9-13-5-3-4-6-16(13)19)22(24-2)18(23)15-10-14-7-8-20-17(14)21-11-15/h3-8,10-12H,9H2,1-2H3,(H,20,21). The second kappa shape index (κ2) is 6.80. The Kier molecular flexibility index (Phi) is 4.57. The van der Waals surface area contributed by atoms with Crippen molar-refractivity contribution in [3.63, 3.8) is 0 Å². The molecule has 0 saturated heterocycles. The zero-order valence-electron chi connectivity index (χ0n) is 13.5. The number of carbonyl (C=O) groups is 1. The lowest BCUT2D eigenvalue weighted by molar-refractivity contribution is -0.119. The maximum atomic E-state index is 13.8. The van der Waals surface area contributed by atoms with E-state index in [4.69, 9.17) is 4.84 Å². The highest BCUT2D eigenvalue weighted by Crippen LogP contribution is 2.17. The minimum Gasteiger partial charge on any atom is -0.346 e. The number of hydrogen-bond acceptors (Lipinski definition) is 3. The number of amides is 1. The van der Waals surface area contributed by atoms with E-state index in [1.54, 1.807) is 30.5 Å². The van der Waals surface area contributed by atoms with E-state index in [-0.39, 0.29) is 17.8 Å². The molecule has 1 aromatic carbocycles. The van der Waals surface area contributed by atoms with E-state index in [0.29, 0.717) is 17.5 Å². The van der Waals surface area contributed by atoms with Gasteiger partial charge in [-0.2, -0.15) is 0 Å². The van der Waals surface area contributed by atoms with Crippen molar-refractivity contribution in [1.82, 2.24) is 15.0 Å². The number of hydroxylamine groups is 2. The monoisotopic (exact) mass is 327 g/mol. The molecule has 0 fully saturated rings. The van der Waals surface area contributed by atoms with Gasteiger partial charge in [0.25, 0.3) is 5.91 Å². The number of aromatic amines is 1. The lowest BCUT2D eigenvalue weighted by atomic mass is 10.1. The van der Waals surface area contributed by atoms with Crippen molar-refractivity contribution in [3.05, 3.63) is 65.7 Å². The van der Waals surface area contributed by atoms with E-state index in [1.807, 2.05) is 13.0 Å². The molecule has 2 heterocycles. The molecule has 0 aliphatic heterocycles. The summed E-state index contributed by atoms with van der Waals surface area (Å²) in [5.74, 6) is -0.597. The zero-order valence-corrected chi connectivity index (χ0v) is 13.5. The molecular formula is C18H18FN3O2. The summed E-state index contributed by atoms with van der Waals surface area (Å²) in [5, 5.41) is 2.10. The maximum absolute atomic E-state index is 13.8. The van der Waals surface area contributed by atoms with Crippen molar-refractivity contribution in [2.24, 2.45) is 0 Å². The van der Waals surface area contributed by atoms with Crippen LogP contribution in [0.1, 0.15) is 22.8 Å². The minimum absolute atomic E-state index is 0.289. The molecule has 1 atom stereocenters. The summed E-state index contributed by atoms with van der Waals surface area (Å²) in [7, 11) is 1.43. The van der Waals surface area contributed by atoms with Gasteiger partial charge in [0.1, 0.15) is 11.5 Å². The van der Waals surface area contributed by atoms with Gasteiger partial charge in [0, 0.05) is 17.8 Å². The first-order valence-corrected chi connectivity index (χ1v) is 7.64. The predicted molar refractivity (Wildman–Crippen MR) is 88.8 cm³/mol. The highest BCUT2D eigenvalue weighted by molar-refractivity contribution is 5.96. The number of nitrogens with zero attached hydrogens (tertiary/aromatic N) is 2. The Labute approximate surface area is 139 Å². The van der Waals surface area contributed by atoms with E-state index in [2.05, 4.69) is 9.97 Å². The number of aromatic nitrogens is 2. The SMILES string of the molecule is CON(C(=O)c1cnc2[nH]ccc2c1)C(C)Cc1ccccc1F. The van der Waals surface area contributed by atoms with E-state index in [9.17, 15) is 9.18 Å². The fraction of sp³-hybridized carbons (Fsp3) is 0.222. The molecule has 1 unspecified atom stereocenters. The third-order valence-corrected chi connectivity index (χ3v) is 3.92. The van der Waals surface area contributed by atoms with Gasteiger partial charge in [-0.25, -0.2) is 14.4 Å². The van der Waals surface area contributed by atoms with Crippen LogP contribution in [0, 0.1) is 5.82 Å². The van der Waals surface area contributed by atoms with Crippen molar-refractivity contribution in [2.75, 3.05) is 7.11 Å². The van der Waals surface area contributed by atoms with Gasteiger partial charge >= 0.3 is 0 Å². The molecule has 0 saturated carbocycles. The van der Waals surface area contributed by atoms with Gasteiger partial charge in [0.2, 0.25) is 0 Å². The molecule has 0 aliphatic carbocycles. The number of benzene rings is 1. The number of hydrogen-bond donors (Lipinski definition) is 1. The highest BCUT2D eigenvalue weighted by Gasteiger charge is 2.23. The predicted octanol–water partition coefficient (Wildman–Crippen LogP) is 3.34. The summed E-state index contributed by atoms with van der Waals surface area (Å²) in [6.07, 6.45) is 3.62. The third-order valence-electron chi connectivity index (χ3n) is 3.92. The number of carbonyl (C=O) groups excluding carboxylic acids is 1. The fourth-order valence-electron chi connectivity index (χ4n) is 2.71. The fourth-order valence-corrected chi connectivity index (χ4v) is 2.71. The first-order chi connectivity index (χ1) is 11.6. The van der Waals surface area contributed by atoms with Gasteiger partial charge in [-0.15, -0.1) is 0 Å². The Balaban J connectivity index is 1.81. The first kappa shape index (κ1) is 16.1. The zero-order chi connectivity index (χ0) is 17.1. The van der Waals surface area contributed by atoms with Crippen molar-refractivity contribution < 1.29 is 14.0 Å². The van der Waals surface area contributed by atoms with Gasteiger partial charge in [0.15, 0.2) is 0 Å². The summed E-state index contributed by atoms with van der Waals surface area (Å²) in [6, 6.07) is 9.79. The topological polar surface area (TPSA) is 58.2 Å². The van der Waals surface area contributed by atoms with Crippen LogP contribution in [0.2, 0.25) is 0 Å². The molecule has 1 N–H and O–H groups in total. The van der Waals surface area contributed by atoms with Crippen LogP contribution in [0.25, 0.3) is 11.0 Å². The van der Waals surface area contributed by atoms with E-state index >= 15 is 0 Å². The molecular weight excluding hydrogens is 309 g/mol. The van der Waals surface area contributed by atoms with Gasteiger partial charge in [-0.1, -0.05) is 18.2 Å². The van der Waals surface area contributed by atoms with Gasteiger partial charge < -0.3 is 4.98 Å². The summed E-state index contributed by atoms with van der Waals surface area (Å²) in [4.78, 5) is 25.2. The van der Waals surface area contributed by atoms with Crippen LogP contribution in [0.15, 0.2) is 48.8 Å². The van der Waals surface area contributed by atoms with Crippen LogP contribution in [0.5, 0.6) is 0 Å². The molecule has 1 amide bonds. The second-order valence-electron chi connectivity index (χ2n) is 5.60. The van der Waals surface area contributed by atoms with Gasteiger partial charge in [-0.3, -0.25) is 9.63 Å². The smallest absolute Gasteiger partial charge is 0.279 e. The van der Waals surface area contributed by atoms with Crippen molar-refractivity contribution in [1.29, 1.82) is 0 Å². The Morgan fingerprint density at radius 3 is 2.92 bits per heavy atom. The molecule has 0 aliphatic rings. The molecule has 24 heavy (non-hydrogen) atoms. The number of nitrogens with one attached hydrogen (secondary N) is 1. The molecule has 0 bridgehead atoms. The average Bonchev–Trinajstić information content (AvgIpc) is 3.05. The molecule has 0 spiro atoms. The maximum Gasteiger partial charge on any atom is 0.279 e. The van der Waals surface area contributed by atoms with Crippen LogP contribution in [0.3, 0.4) is 0 Å². The largest absolute Gasteiger partial charge is 0.346 e. The van der Waals surface area contributed by atoms with Crippen LogP contribution >= 0.6 is 0 Å². The molecule has 2 aromatic heterocycles. The van der Waals surface area contributed by atoms with Crippen LogP contribution in [-0.2, 0) is 11.3 Å². The highest BCUT2D eigenvalue weighted by atomic mass is 19.1. The Hall–Kier alpha value is -2.73. The van der Waals surface area contributed by atoms with E-state index in [0.717, 1.165) is 11.0 Å². The minimum atomic E-state index is -0.332. The second-order valence-corrected chi connectivity index (χ2v) is 5.60.